The van der Waals surface area contributed by atoms with Crippen molar-refractivity contribution >= 4 is 12.1 Å². The van der Waals surface area contributed by atoms with E-state index in [0.717, 1.165) is 22.3 Å². The SMILES string of the molecule is O=C([O-])C[C@H](Cc1ccco1)NC(=O)OCC1c2ccccc2-c2ccccc21. The molecule has 0 spiro atoms. The molecule has 1 aliphatic rings. The Hall–Kier alpha value is -3.54. The van der Waals surface area contributed by atoms with E-state index in [0.29, 0.717) is 5.76 Å². The Morgan fingerprint density at radius 1 is 1.00 bits per heavy atom. The first-order chi connectivity index (χ1) is 14.1. The van der Waals surface area contributed by atoms with Crippen molar-refractivity contribution in [2.24, 2.45) is 0 Å². The fourth-order valence-corrected chi connectivity index (χ4v) is 3.85. The summed E-state index contributed by atoms with van der Waals surface area (Å²) in [5.74, 6) is -0.728. The van der Waals surface area contributed by atoms with Crippen LogP contribution < -0.4 is 10.4 Å². The molecule has 29 heavy (non-hydrogen) atoms. The van der Waals surface area contributed by atoms with Crippen LogP contribution in [0.5, 0.6) is 0 Å². The van der Waals surface area contributed by atoms with Crippen LogP contribution in [0.1, 0.15) is 29.2 Å². The number of ether oxygens (including phenoxy) is 1. The zero-order valence-electron chi connectivity index (χ0n) is 15.7. The molecule has 0 aliphatic heterocycles. The number of hydrogen-bond acceptors (Lipinski definition) is 5. The van der Waals surface area contributed by atoms with Crippen molar-refractivity contribution in [3.05, 3.63) is 83.8 Å². The quantitative estimate of drug-likeness (QED) is 0.670. The molecular weight excluding hydrogens is 370 g/mol. The summed E-state index contributed by atoms with van der Waals surface area (Å²) in [6, 6.07) is 18.9. The predicted octanol–water partition coefficient (Wildman–Crippen LogP) is 2.87. The molecule has 1 N–H and O–H groups in total. The van der Waals surface area contributed by atoms with Crippen LogP contribution in [0, 0.1) is 0 Å². The number of benzene rings is 2. The summed E-state index contributed by atoms with van der Waals surface area (Å²) in [6.45, 7) is 0.165. The van der Waals surface area contributed by atoms with Gasteiger partial charge in [0.1, 0.15) is 12.4 Å². The molecule has 0 saturated carbocycles. The molecule has 1 aromatic heterocycles. The zero-order chi connectivity index (χ0) is 20.2. The normalized spacial score (nSPS) is 13.4. The molecule has 148 valence electrons. The molecule has 1 heterocycles. The lowest BCUT2D eigenvalue weighted by Crippen LogP contribution is -2.41. The minimum Gasteiger partial charge on any atom is -0.550 e. The molecule has 4 rings (SSSR count). The number of alkyl carbamates (subject to hydrolysis) is 1. The molecule has 1 amide bonds. The van der Waals surface area contributed by atoms with E-state index in [1.54, 1.807) is 12.1 Å². The van der Waals surface area contributed by atoms with Crippen LogP contribution in [0.4, 0.5) is 4.79 Å². The Morgan fingerprint density at radius 3 is 2.24 bits per heavy atom. The van der Waals surface area contributed by atoms with Crippen LogP contribution in [0.25, 0.3) is 11.1 Å². The number of rotatable bonds is 7. The Kier molecular flexibility index (Phi) is 5.33. The Balaban J connectivity index is 1.43. The number of fused-ring (bicyclic) bond motifs is 3. The zero-order valence-corrected chi connectivity index (χ0v) is 15.7. The second-order valence-corrected chi connectivity index (χ2v) is 7.03. The molecule has 3 aromatic rings. The maximum Gasteiger partial charge on any atom is 0.407 e. The molecule has 0 bridgehead atoms. The highest BCUT2D eigenvalue weighted by molar-refractivity contribution is 5.79. The van der Waals surface area contributed by atoms with Gasteiger partial charge in [0.2, 0.25) is 0 Å². The lowest BCUT2D eigenvalue weighted by Gasteiger charge is -2.19. The molecule has 0 saturated heterocycles. The van der Waals surface area contributed by atoms with Crippen molar-refractivity contribution in [1.82, 2.24) is 5.32 Å². The predicted molar refractivity (Wildman–Crippen MR) is 104 cm³/mol. The highest BCUT2D eigenvalue weighted by Gasteiger charge is 2.29. The van der Waals surface area contributed by atoms with Gasteiger partial charge in [0.25, 0.3) is 0 Å². The van der Waals surface area contributed by atoms with Gasteiger partial charge in [0.15, 0.2) is 0 Å². The third kappa shape index (κ3) is 4.16. The number of carbonyl (C=O) groups is 2. The Morgan fingerprint density at radius 2 is 1.66 bits per heavy atom. The van der Waals surface area contributed by atoms with Crippen molar-refractivity contribution in [2.75, 3.05) is 6.61 Å². The number of aliphatic carboxylic acids is 1. The molecule has 6 nitrogen and oxygen atoms in total. The van der Waals surface area contributed by atoms with Crippen LogP contribution in [-0.2, 0) is 16.0 Å². The summed E-state index contributed by atoms with van der Waals surface area (Å²) in [6.07, 6.45) is 0.749. The number of carboxylic acids is 1. The van der Waals surface area contributed by atoms with Gasteiger partial charge in [-0.3, -0.25) is 0 Å². The van der Waals surface area contributed by atoms with E-state index in [-0.39, 0.29) is 25.4 Å². The minimum absolute atomic E-state index is 0.0576. The van der Waals surface area contributed by atoms with E-state index in [2.05, 4.69) is 17.4 Å². The third-order valence-corrected chi connectivity index (χ3v) is 5.11. The lowest BCUT2D eigenvalue weighted by molar-refractivity contribution is -0.306. The molecule has 6 heteroatoms. The van der Waals surface area contributed by atoms with Crippen LogP contribution in [-0.4, -0.2) is 24.7 Å². The average molecular weight is 390 g/mol. The second-order valence-electron chi connectivity index (χ2n) is 7.03. The summed E-state index contributed by atoms with van der Waals surface area (Å²) in [7, 11) is 0. The number of nitrogens with one attached hydrogen (secondary N) is 1. The highest BCUT2D eigenvalue weighted by Crippen LogP contribution is 2.44. The Labute approximate surface area is 168 Å². The van der Waals surface area contributed by atoms with Crippen LogP contribution >= 0.6 is 0 Å². The molecular formula is C23H20NO5-. The van der Waals surface area contributed by atoms with Crippen LogP contribution in [0.2, 0.25) is 0 Å². The minimum atomic E-state index is -1.25. The second kappa shape index (κ2) is 8.22. The first-order valence-electron chi connectivity index (χ1n) is 9.45. The summed E-state index contributed by atoms with van der Waals surface area (Å²) < 4.78 is 10.7. The van der Waals surface area contributed by atoms with Crippen molar-refractivity contribution in [3.8, 4) is 11.1 Å². The van der Waals surface area contributed by atoms with Crippen molar-refractivity contribution in [3.63, 3.8) is 0 Å². The third-order valence-electron chi connectivity index (χ3n) is 5.11. The van der Waals surface area contributed by atoms with Crippen molar-refractivity contribution in [1.29, 1.82) is 0 Å². The number of carbonyl (C=O) groups excluding carboxylic acids is 2. The fraction of sp³-hybridized carbons (Fsp3) is 0.217. The molecule has 1 aliphatic carbocycles. The topological polar surface area (TPSA) is 91.6 Å². The van der Waals surface area contributed by atoms with E-state index in [1.807, 2.05) is 36.4 Å². The average Bonchev–Trinajstić information content (AvgIpc) is 3.32. The van der Waals surface area contributed by atoms with Crippen molar-refractivity contribution in [2.45, 2.75) is 24.8 Å². The molecule has 0 unspecified atom stereocenters. The number of furan rings is 1. The first kappa shape index (κ1) is 18.8. The summed E-state index contributed by atoms with van der Waals surface area (Å²) >= 11 is 0. The maximum absolute atomic E-state index is 12.4. The van der Waals surface area contributed by atoms with E-state index in [4.69, 9.17) is 9.15 Å². The van der Waals surface area contributed by atoms with E-state index >= 15 is 0 Å². The summed E-state index contributed by atoms with van der Waals surface area (Å²) in [5.41, 5.74) is 4.52. The molecule has 0 radical (unpaired) electrons. The van der Waals surface area contributed by atoms with Gasteiger partial charge in [-0.1, -0.05) is 48.5 Å². The Bertz CT molecular complexity index is 966. The van der Waals surface area contributed by atoms with Crippen molar-refractivity contribution < 1.29 is 23.8 Å². The first-order valence-corrected chi connectivity index (χ1v) is 9.45. The summed E-state index contributed by atoms with van der Waals surface area (Å²) in [4.78, 5) is 23.4. The number of hydrogen-bond donors (Lipinski definition) is 1. The lowest BCUT2D eigenvalue weighted by atomic mass is 9.98. The monoisotopic (exact) mass is 390 g/mol. The van der Waals surface area contributed by atoms with Crippen LogP contribution in [0.15, 0.2) is 71.3 Å². The van der Waals surface area contributed by atoms with Gasteiger partial charge in [-0.15, -0.1) is 0 Å². The van der Waals surface area contributed by atoms with E-state index < -0.39 is 18.1 Å². The van der Waals surface area contributed by atoms with Gasteiger partial charge in [0, 0.05) is 30.8 Å². The molecule has 2 aromatic carbocycles. The van der Waals surface area contributed by atoms with Gasteiger partial charge in [-0.2, -0.15) is 0 Å². The van der Waals surface area contributed by atoms with Gasteiger partial charge in [-0.25, -0.2) is 4.79 Å². The summed E-state index contributed by atoms with van der Waals surface area (Å²) in [5, 5.41) is 13.6. The van der Waals surface area contributed by atoms with E-state index in [1.165, 1.54) is 6.26 Å². The largest absolute Gasteiger partial charge is 0.550 e. The highest BCUT2D eigenvalue weighted by atomic mass is 16.5. The molecule has 1 atom stereocenters. The standard InChI is InChI=1S/C23H21NO5/c25-22(26)13-15(12-16-6-5-11-28-16)24-23(27)29-14-21-19-9-3-1-7-17(19)18-8-2-4-10-20(18)21/h1-11,15,21H,12-14H2,(H,24,27)(H,25,26)/p-1/t15-/m0/s1. The molecule has 0 fully saturated rings. The van der Waals surface area contributed by atoms with Crippen LogP contribution in [0.3, 0.4) is 0 Å². The maximum atomic E-state index is 12.4. The van der Waals surface area contributed by atoms with Gasteiger partial charge >= 0.3 is 6.09 Å². The number of carboxylic acid groups (broad SMARTS) is 1. The van der Waals surface area contributed by atoms with E-state index in [9.17, 15) is 14.7 Å². The fourth-order valence-electron chi connectivity index (χ4n) is 3.85. The smallest absolute Gasteiger partial charge is 0.407 e. The van der Waals surface area contributed by atoms with Gasteiger partial charge in [-0.05, 0) is 34.4 Å². The van der Waals surface area contributed by atoms with Gasteiger partial charge in [0.05, 0.1) is 6.26 Å². The van der Waals surface area contributed by atoms with Gasteiger partial charge < -0.3 is 24.4 Å². The number of amides is 1.